The van der Waals surface area contributed by atoms with Gasteiger partial charge in [0.15, 0.2) is 5.65 Å². The van der Waals surface area contributed by atoms with E-state index in [4.69, 9.17) is 26.1 Å². The van der Waals surface area contributed by atoms with Crippen LogP contribution in [0.25, 0.3) is 11.2 Å². The third-order valence-electron chi connectivity index (χ3n) is 7.12. The summed E-state index contributed by atoms with van der Waals surface area (Å²) in [6.07, 6.45) is 7.14. The predicted molar refractivity (Wildman–Crippen MR) is 142 cm³/mol. The first-order valence-electron chi connectivity index (χ1n) is 13.0. The molecule has 0 bridgehead atoms. The number of imidazole rings is 1. The molecule has 2 aliphatic rings. The Morgan fingerprint density at radius 3 is 2.63 bits per heavy atom. The topological polar surface area (TPSA) is 102 Å². The van der Waals surface area contributed by atoms with Crippen molar-refractivity contribution in [3.05, 3.63) is 76.6 Å². The lowest BCUT2D eigenvalue weighted by Gasteiger charge is -2.32. The Kier molecular flexibility index (Phi) is 7.18. The van der Waals surface area contributed by atoms with E-state index in [9.17, 15) is 5.26 Å². The number of rotatable bonds is 8. The van der Waals surface area contributed by atoms with E-state index in [-0.39, 0.29) is 12.2 Å². The van der Waals surface area contributed by atoms with Gasteiger partial charge < -0.3 is 14.0 Å². The zero-order valence-electron chi connectivity index (χ0n) is 21.0. The second-order valence-electron chi connectivity index (χ2n) is 9.81. The van der Waals surface area contributed by atoms with Gasteiger partial charge in [-0.15, -0.1) is 0 Å². The standard InChI is InChI=1S/C28H28ClN7O2/c29-21-3-1-19(2-4-21)14-25-31-9-5-27(34-25)38-22-6-10-35(11-7-22)18-26-33-24-13-20(15-30)16-32-28(24)36(26)17-23-8-12-37-23/h1-5,9,13,16,22-23H,6-8,10-12,14,17-18H2/t23-/m0/s1. The fraction of sp³-hybridized carbons (Fsp3) is 0.393. The summed E-state index contributed by atoms with van der Waals surface area (Å²) in [4.78, 5) is 20.8. The summed E-state index contributed by atoms with van der Waals surface area (Å²) in [6, 6.07) is 13.5. The number of nitrogens with zero attached hydrogens (tertiary/aromatic N) is 7. The molecule has 10 heteroatoms. The molecular formula is C28H28ClN7O2. The van der Waals surface area contributed by atoms with Crippen molar-refractivity contribution in [2.24, 2.45) is 0 Å². The number of pyridine rings is 1. The summed E-state index contributed by atoms with van der Waals surface area (Å²) in [5.41, 5.74) is 3.20. The number of likely N-dealkylation sites (tertiary alicyclic amines) is 1. The summed E-state index contributed by atoms with van der Waals surface area (Å²) >= 11 is 5.99. The summed E-state index contributed by atoms with van der Waals surface area (Å²) in [6.45, 7) is 4.05. The number of aromatic nitrogens is 5. The number of piperidine rings is 1. The van der Waals surface area contributed by atoms with Crippen LogP contribution < -0.4 is 4.74 Å². The van der Waals surface area contributed by atoms with Crippen molar-refractivity contribution >= 4 is 22.8 Å². The Bertz CT molecular complexity index is 1450. The molecule has 6 rings (SSSR count). The minimum atomic E-state index is 0.103. The largest absolute Gasteiger partial charge is 0.474 e. The summed E-state index contributed by atoms with van der Waals surface area (Å²) in [7, 11) is 0. The highest BCUT2D eigenvalue weighted by molar-refractivity contribution is 6.30. The third kappa shape index (κ3) is 5.63. The monoisotopic (exact) mass is 529 g/mol. The van der Waals surface area contributed by atoms with Gasteiger partial charge in [0.05, 0.1) is 24.8 Å². The van der Waals surface area contributed by atoms with Crippen LogP contribution >= 0.6 is 11.6 Å². The number of hydrogen-bond donors (Lipinski definition) is 0. The minimum absolute atomic E-state index is 0.103. The summed E-state index contributed by atoms with van der Waals surface area (Å²) < 4.78 is 14.1. The molecular weight excluding hydrogens is 502 g/mol. The van der Waals surface area contributed by atoms with Crippen molar-refractivity contribution in [3.8, 4) is 11.9 Å². The van der Waals surface area contributed by atoms with Crippen LogP contribution in [0.3, 0.4) is 0 Å². The highest BCUT2D eigenvalue weighted by Crippen LogP contribution is 2.24. The van der Waals surface area contributed by atoms with Crippen LogP contribution in [0, 0.1) is 11.3 Å². The van der Waals surface area contributed by atoms with Crippen LogP contribution in [0.2, 0.25) is 5.02 Å². The van der Waals surface area contributed by atoms with E-state index in [1.54, 1.807) is 12.4 Å². The minimum Gasteiger partial charge on any atom is -0.474 e. The maximum atomic E-state index is 9.27. The Morgan fingerprint density at radius 2 is 1.89 bits per heavy atom. The molecule has 9 nitrogen and oxygen atoms in total. The van der Waals surface area contributed by atoms with Crippen LogP contribution in [-0.4, -0.2) is 61.3 Å². The lowest BCUT2D eigenvalue weighted by Crippen LogP contribution is -2.39. The molecule has 2 saturated heterocycles. The molecule has 3 aromatic heterocycles. The first-order chi connectivity index (χ1) is 18.6. The first-order valence-corrected chi connectivity index (χ1v) is 13.3. The van der Waals surface area contributed by atoms with Crippen molar-refractivity contribution in [1.82, 2.24) is 29.4 Å². The number of benzene rings is 1. The second-order valence-corrected chi connectivity index (χ2v) is 10.2. The number of ether oxygens (including phenoxy) is 2. The Morgan fingerprint density at radius 1 is 1.08 bits per heavy atom. The number of nitriles is 1. The van der Waals surface area contributed by atoms with E-state index in [1.165, 1.54) is 0 Å². The maximum Gasteiger partial charge on any atom is 0.216 e. The van der Waals surface area contributed by atoms with Crippen LogP contribution in [0.15, 0.2) is 48.8 Å². The first kappa shape index (κ1) is 24.7. The van der Waals surface area contributed by atoms with Gasteiger partial charge in [-0.25, -0.2) is 15.0 Å². The molecule has 1 atom stereocenters. The highest BCUT2D eigenvalue weighted by atomic mass is 35.5. The quantitative estimate of drug-likeness (QED) is 0.335. The average molecular weight is 530 g/mol. The maximum absolute atomic E-state index is 9.27. The van der Waals surface area contributed by atoms with Crippen LogP contribution in [0.4, 0.5) is 0 Å². The second kappa shape index (κ2) is 11.0. The molecule has 4 aromatic rings. The van der Waals surface area contributed by atoms with E-state index in [0.29, 0.717) is 22.9 Å². The molecule has 0 aliphatic carbocycles. The Balaban J connectivity index is 1.08. The van der Waals surface area contributed by atoms with Gasteiger partial charge in [0.25, 0.3) is 0 Å². The molecule has 0 N–H and O–H groups in total. The fourth-order valence-corrected chi connectivity index (χ4v) is 5.06. The highest BCUT2D eigenvalue weighted by Gasteiger charge is 2.26. The normalized spacial score (nSPS) is 18.3. The van der Waals surface area contributed by atoms with Gasteiger partial charge in [-0.2, -0.15) is 10.2 Å². The van der Waals surface area contributed by atoms with Gasteiger partial charge in [-0.3, -0.25) is 4.90 Å². The van der Waals surface area contributed by atoms with Gasteiger partial charge >= 0.3 is 0 Å². The van der Waals surface area contributed by atoms with E-state index < -0.39 is 0 Å². The Labute approximate surface area is 226 Å². The van der Waals surface area contributed by atoms with Gasteiger partial charge in [-0.05, 0) is 43.0 Å². The molecule has 0 saturated carbocycles. The fourth-order valence-electron chi connectivity index (χ4n) is 4.94. The van der Waals surface area contributed by atoms with Crippen molar-refractivity contribution in [2.75, 3.05) is 19.7 Å². The molecule has 0 amide bonds. The van der Waals surface area contributed by atoms with E-state index >= 15 is 0 Å². The van der Waals surface area contributed by atoms with Crippen molar-refractivity contribution < 1.29 is 9.47 Å². The molecule has 2 fully saturated rings. The molecule has 194 valence electrons. The van der Waals surface area contributed by atoms with Gasteiger partial charge in [0, 0.05) is 49.6 Å². The van der Waals surface area contributed by atoms with E-state index in [0.717, 1.165) is 80.4 Å². The Hall–Kier alpha value is -3.58. The molecule has 0 spiro atoms. The predicted octanol–water partition coefficient (Wildman–Crippen LogP) is 4.17. The smallest absolute Gasteiger partial charge is 0.216 e. The van der Waals surface area contributed by atoms with E-state index in [1.807, 2.05) is 36.4 Å². The lowest BCUT2D eigenvalue weighted by molar-refractivity contribution is -0.0593. The van der Waals surface area contributed by atoms with Crippen LogP contribution in [0.5, 0.6) is 5.88 Å². The van der Waals surface area contributed by atoms with Crippen LogP contribution in [-0.2, 0) is 24.2 Å². The van der Waals surface area contributed by atoms with Gasteiger partial charge in [0.2, 0.25) is 5.88 Å². The average Bonchev–Trinajstić information content (AvgIpc) is 3.24. The molecule has 0 unspecified atom stereocenters. The zero-order valence-corrected chi connectivity index (χ0v) is 21.7. The molecule has 0 radical (unpaired) electrons. The summed E-state index contributed by atoms with van der Waals surface area (Å²) in [5, 5.41) is 9.99. The van der Waals surface area contributed by atoms with Gasteiger partial charge in [-0.1, -0.05) is 23.7 Å². The number of fused-ring (bicyclic) bond motifs is 1. The number of hydrogen-bond acceptors (Lipinski definition) is 8. The van der Waals surface area contributed by atoms with Crippen LogP contribution in [0.1, 0.15) is 42.0 Å². The molecule has 2 aliphatic heterocycles. The molecule has 5 heterocycles. The van der Waals surface area contributed by atoms with E-state index in [2.05, 4.69) is 30.5 Å². The third-order valence-corrected chi connectivity index (χ3v) is 7.37. The lowest BCUT2D eigenvalue weighted by atomic mass is 10.1. The molecule has 38 heavy (non-hydrogen) atoms. The summed E-state index contributed by atoms with van der Waals surface area (Å²) in [5.74, 6) is 2.30. The molecule has 1 aromatic carbocycles. The number of halogens is 1. The van der Waals surface area contributed by atoms with Gasteiger partial charge in [0.1, 0.15) is 29.3 Å². The van der Waals surface area contributed by atoms with Crippen molar-refractivity contribution in [3.63, 3.8) is 0 Å². The zero-order chi connectivity index (χ0) is 25.9. The SMILES string of the molecule is N#Cc1cnc2c(c1)nc(CN1CCC(Oc3ccnc(Cc4ccc(Cl)cc4)n3)CC1)n2C[C@@H]1CCO1. The van der Waals surface area contributed by atoms with Crippen molar-refractivity contribution in [2.45, 2.75) is 51.0 Å². The van der Waals surface area contributed by atoms with Crippen molar-refractivity contribution in [1.29, 1.82) is 5.26 Å².